The van der Waals surface area contributed by atoms with E-state index in [1.54, 1.807) is 24.3 Å². The minimum atomic E-state index is -3.78. The molecule has 2 aromatic carbocycles. The number of nitrogens with zero attached hydrogens (tertiary/aromatic N) is 2. The fraction of sp³-hybridized carbons (Fsp3) is 0.0556. The largest absolute Gasteiger partial charge is 0.486 e. The molecule has 11 heteroatoms. The Balaban J connectivity index is 1.55. The quantitative estimate of drug-likeness (QED) is 0.297. The summed E-state index contributed by atoms with van der Waals surface area (Å²) in [6.45, 7) is 0.0935. The molecule has 1 N–H and O–H groups in total. The summed E-state index contributed by atoms with van der Waals surface area (Å²) in [6.07, 6.45) is 1.23. The van der Waals surface area contributed by atoms with Crippen LogP contribution in [0.4, 0.5) is 5.69 Å². The predicted octanol–water partition coefficient (Wildman–Crippen LogP) is 3.84. The summed E-state index contributed by atoms with van der Waals surface area (Å²) in [6, 6.07) is 15.0. The van der Waals surface area contributed by atoms with Crippen LogP contribution in [-0.4, -0.2) is 19.6 Å². The maximum Gasteiger partial charge on any atom is 0.276 e. The minimum Gasteiger partial charge on any atom is -0.486 e. The molecule has 0 amide bonds. The molecule has 1 aromatic heterocycles. The number of non-ortho nitro benzene ring substituents is 1. The smallest absolute Gasteiger partial charge is 0.276 e. The maximum atomic E-state index is 12.1. The third kappa shape index (κ3) is 5.65. The van der Waals surface area contributed by atoms with Crippen molar-refractivity contribution in [1.29, 1.82) is 0 Å². The molecule has 0 spiro atoms. The Hall–Kier alpha value is -3.18. The lowest BCUT2D eigenvalue weighted by molar-refractivity contribution is -0.384. The highest BCUT2D eigenvalue weighted by atomic mass is 79.9. The monoisotopic (exact) mass is 479 g/mol. The maximum absolute atomic E-state index is 12.1. The average molecular weight is 480 g/mol. The first-order valence-corrected chi connectivity index (χ1v) is 10.4. The number of nitro groups is 1. The molecular formula is C18H14BrN3O6S. The van der Waals surface area contributed by atoms with Crippen molar-refractivity contribution in [2.24, 2.45) is 5.10 Å². The summed E-state index contributed by atoms with van der Waals surface area (Å²) in [5.41, 5.74) is -0.0283. The Morgan fingerprint density at radius 2 is 1.79 bits per heavy atom. The van der Waals surface area contributed by atoms with Gasteiger partial charge in [0, 0.05) is 16.6 Å². The fourth-order valence-corrected chi connectivity index (χ4v) is 3.24. The Bertz CT molecular complexity index is 1130. The van der Waals surface area contributed by atoms with E-state index in [4.69, 9.17) is 9.15 Å². The Kier molecular flexibility index (Phi) is 6.29. The lowest BCUT2D eigenvalue weighted by atomic mass is 10.3. The first-order valence-electron chi connectivity index (χ1n) is 8.10. The molecule has 0 atom stereocenters. The van der Waals surface area contributed by atoms with Gasteiger partial charge in [-0.1, -0.05) is 15.9 Å². The lowest BCUT2D eigenvalue weighted by Crippen LogP contribution is -2.18. The number of hydrazone groups is 1. The second-order valence-electron chi connectivity index (χ2n) is 5.65. The molecule has 0 bridgehead atoms. The van der Waals surface area contributed by atoms with Crippen molar-refractivity contribution >= 4 is 37.9 Å². The summed E-state index contributed by atoms with van der Waals surface area (Å²) in [7, 11) is -3.78. The van der Waals surface area contributed by atoms with Crippen molar-refractivity contribution in [3.8, 4) is 5.75 Å². The lowest BCUT2D eigenvalue weighted by Gasteiger charge is -2.03. The molecule has 0 unspecified atom stereocenters. The SMILES string of the molecule is O=[N+]([O-])c1ccc(OCc2ccc(/C=N/NS(=O)(=O)c3ccc(Br)cc3)o2)cc1. The van der Waals surface area contributed by atoms with E-state index in [-0.39, 0.29) is 17.2 Å². The van der Waals surface area contributed by atoms with Gasteiger partial charge < -0.3 is 9.15 Å². The number of sulfonamides is 1. The minimum absolute atomic E-state index is 0.0283. The fourth-order valence-electron chi connectivity index (χ4n) is 2.19. The zero-order valence-corrected chi connectivity index (χ0v) is 17.1. The molecule has 3 rings (SSSR count). The summed E-state index contributed by atoms with van der Waals surface area (Å²) >= 11 is 3.24. The van der Waals surface area contributed by atoms with Crippen molar-refractivity contribution in [2.45, 2.75) is 11.5 Å². The van der Waals surface area contributed by atoms with Crippen LogP contribution < -0.4 is 9.57 Å². The summed E-state index contributed by atoms with van der Waals surface area (Å²) in [4.78, 5) is 12.3. The molecule has 29 heavy (non-hydrogen) atoms. The van der Waals surface area contributed by atoms with Crippen LogP contribution in [0.3, 0.4) is 0 Å². The third-order valence-corrected chi connectivity index (χ3v) is 5.37. The van der Waals surface area contributed by atoms with E-state index in [1.807, 2.05) is 0 Å². The zero-order chi connectivity index (χ0) is 20.9. The average Bonchev–Trinajstić information content (AvgIpc) is 3.14. The van der Waals surface area contributed by atoms with Crippen molar-refractivity contribution in [2.75, 3.05) is 0 Å². The van der Waals surface area contributed by atoms with E-state index in [0.29, 0.717) is 17.3 Å². The van der Waals surface area contributed by atoms with Gasteiger partial charge >= 0.3 is 0 Å². The highest BCUT2D eigenvalue weighted by Crippen LogP contribution is 2.19. The van der Waals surface area contributed by atoms with Gasteiger partial charge in [0.25, 0.3) is 15.7 Å². The zero-order valence-electron chi connectivity index (χ0n) is 14.7. The second-order valence-corrected chi connectivity index (χ2v) is 8.23. The van der Waals surface area contributed by atoms with Gasteiger partial charge in [-0.2, -0.15) is 18.4 Å². The van der Waals surface area contributed by atoms with Crippen molar-refractivity contribution in [1.82, 2.24) is 4.83 Å². The van der Waals surface area contributed by atoms with E-state index in [0.717, 1.165) is 4.47 Å². The summed E-state index contributed by atoms with van der Waals surface area (Å²) in [5, 5.41) is 14.3. The molecule has 0 fully saturated rings. The number of benzene rings is 2. The molecule has 9 nitrogen and oxygen atoms in total. The predicted molar refractivity (Wildman–Crippen MR) is 108 cm³/mol. The van der Waals surface area contributed by atoms with Crippen LogP contribution in [-0.2, 0) is 16.6 Å². The summed E-state index contributed by atoms with van der Waals surface area (Å²) in [5.74, 6) is 1.25. The van der Waals surface area contributed by atoms with E-state index in [1.165, 1.54) is 42.6 Å². The van der Waals surface area contributed by atoms with Crippen LogP contribution in [0, 0.1) is 10.1 Å². The van der Waals surface area contributed by atoms with Crippen molar-refractivity contribution in [3.05, 3.63) is 86.8 Å². The van der Waals surface area contributed by atoms with Gasteiger partial charge in [-0.25, -0.2) is 0 Å². The molecule has 0 aliphatic carbocycles. The highest BCUT2D eigenvalue weighted by molar-refractivity contribution is 9.10. The third-order valence-electron chi connectivity index (χ3n) is 3.60. The molecule has 150 valence electrons. The molecule has 3 aromatic rings. The van der Waals surface area contributed by atoms with Gasteiger partial charge in [-0.05, 0) is 48.5 Å². The number of nitrogens with one attached hydrogen (secondary N) is 1. The van der Waals surface area contributed by atoms with Crippen LogP contribution in [0.15, 0.2) is 79.6 Å². The number of halogens is 1. The van der Waals surface area contributed by atoms with E-state index in [9.17, 15) is 18.5 Å². The first kappa shape index (κ1) is 20.6. The summed E-state index contributed by atoms with van der Waals surface area (Å²) < 4.78 is 36.0. The van der Waals surface area contributed by atoms with Crippen LogP contribution in [0.1, 0.15) is 11.5 Å². The van der Waals surface area contributed by atoms with E-state index in [2.05, 4.69) is 25.9 Å². The van der Waals surface area contributed by atoms with Gasteiger partial charge in [-0.3, -0.25) is 10.1 Å². The molecular weight excluding hydrogens is 466 g/mol. The van der Waals surface area contributed by atoms with E-state index >= 15 is 0 Å². The number of rotatable bonds is 8. The topological polar surface area (TPSA) is 124 Å². The van der Waals surface area contributed by atoms with Crippen LogP contribution >= 0.6 is 15.9 Å². The molecule has 0 aliphatic heterocycles. The van der Waals surface area contributed by atoms with Gasteiger partial charge in [0.1, 0.15) is 23.9 Å². The molecule has 0 radical (unpaired) electrons. The molecule has 0 saturated heterocycles. The van der Waals surface area contributed by atoms with Crippen LogP contribution in [0.5, 0.6) is 5.75 Å². The number of hydrogen-bond donors (Lipinski definition) is 1. The van der Waals surface area contributed by atoms with Gasteiger partial charge in [-0.15, -0.1) is 0 Å². The standard InChI is InChI=1S/C18H14BrN3O6S/c19-13-1-9-18(10-2-13)29(25,26)21-20-11-16-7-8-17(28-16)12-27-15-5-3-14(4-6-15)22(23)24/h1-11,21H,12H2/b20-11+. The van der Waals surface area contributed by atoms with E-state index < -0.39 is 14.9 Å². The highest BCUT2D eigenvalue weighted by Gasteiger charge is 2.12. The number of furan rings is 1. The second kappa shape index (κ2) is 8.88. The van der Waals surface area contributed by atoms with Crippen molar-refractivity contribution in [3.63, 3.8) is 0 Å². The number of ether oxygens (including phenoxy) is 1. The number of hydrogen-bond acceptors (Lipinski definition) is 7. The Morgan fingerprint density at radius 1 is 1.10 bits per heavy atom. The molecule has 1 heterocycles. The van der Waals surface area contributed by atoms with Gasteiger partial charge in [0.2, 0.25) is 0 Å². The number of nitro benzene ring substituents is 1. The normalized spacial score (nSPS) is 11.5. The van der Waals surface area contributed by atoms with Crippen LogP contribution in [0.2, 0.25) is 0 Å². The van der Waals surface area contributed by atoms with Crippen molar-refractivity contribution < 1.29 is 22.5 Å². The van der Waals surface area contributed by atoms with Gasteiger partial charge in [0.15, 0.2) is 0 Å². The molecule has 0 saturated carbocycles. The van der Waals surface area contributed by atoms with Crippen LogP contribution in [0.25, 0.3) is 0 Å². The Morgan fingerprint density at radius 3 is 2.45 bits per heavy atom. The molecule has 0 aliphatic rings. The Labute approximate surface area is 174 Å². The first-order chi connectivity index (χ1) is 13.8. The van der Waals surface area contributed by atoms with Gasteiger partial charge in [0.05, 0.1) is 16.0 Å².